The highest BCUT2D eigenvalue weighted by Gasteiger charge is 2.28. The fourth-order valence-electron chi connectivity index (χ4n) is 2.80. The van der Waals surface area contributed by atoms with Gasteiger partial charge >= 0.3 is 5.97 Å². The summed E-state index contributed by atoms with van der Waals surface area (Å²) in [6, 6.07) is 7.71. The first-order valence-electron chi connectivity index (χ1n) is 8.24. The van der Waals surface area contributed by atoms with Crippen molar-refractivity contribution in [3.63, 3.8) is 0 Å². The van der Waals surface area contributed by atoms with Gasteiger partial charge in [0.15, 0.2) is 5.82 Å². The Bertz CT molecular complexity index is 795. The minimum atomic E-state index is -0.910. The summed E-state index contributed by atoms with van der Waals surface area (Å²) in [5, 5.41) is 23.6. The number of carbonyl (C=O) groups excluding carboxylic acids is 1. The van der Waals surface area contributed by atoms with Crippen LogP contribution in [0, 0.1) is 5.41 Å². The molecule has 0 atom stereocenters. The molecule has 1 fully saturated rings. The number of hydrogen-bond donors (Lipinski definition) is 2. The van der Waals surface area contributed by atoms with Crippen LogP contribution in [0.2, 0.25) is 0 Å². The molecule has 132 valence electrons. The van der Waals surface area contributed by atoms with E-state index in [-0.39, 0.29) is 18.7 Å². The summed E-state index contributed by atoms with van der Waals surface area (Å²) >= 11 is 0. The number of aromatic nitrogens is 4. The molecule has 1 aliphatic rings. The van der Waals surface area contributed by atoms with Gasteiger partial charge in [-0.05, 0) is 40.8 Å². The van der Waals surface area contributed by atoms with E-state index >= 15 is 0 Å². The van der Waals surface area contributed by atoms with Gasteiger partial charge in [-0.1, -0.05) is 26.0 Å². The van der Waals surface area contributed by atoms with Crippen LogP contribution in [0.5, 0.6) is 0 Å². The molecule has 0 bridgehead atoms. The van der Waals surface area contributed by atoms with Crippen LogP contribution in [0.1, 0.15) is 45.6 Å². The Morgan fingerprint density at radius 3 is 2.76 bits per heavy atom. The first-order valence-corrected chi connectivity index (χ1v) is 8.24. The third kappa shape index (κ3) is 4.40. The summed E-state index contributed by atoms with van der Waals surface area (Å²) in [7, 11) is 0. The van der Waals surface area contributed by atoms with Crippen LogP contribution in [0.3, 0.4) is 0 Å². The first-order chi connectivity index (χ1) is 11.8. The van der Waals surface area contributed by atoms with Crippen molar-refractivity contribution in [3.05, 3.63) is 24.3 Å². The van der Waals surface area contributed by atoms with Crippen molar-refractivity contribution in [2.75, 3.05) is 5.32 Å². The second kappa shape index (κ2) is 6.62. The second-order valence-electron chi connectivity index (χ2n) is 7.22. The van der Waals surface area contributed by atoms with Gasteiger partial charge in [-0.3, -0.25) is 9.59 Å². The molecule has 3 rings (SSSR count). The lowest BCUT2D eigenvalue weighted by Gasteiger charge is -2.21. The van der Waals surface area contributed by atoms with Gasteiger partial charge in [0.05, 0.1) is 12.5 Å². The molecule has 8 nitrogen and oxygen atoms in total. The molecule has 2 aromatic rings. The average Bonchev–Trinajstić information content (AvgIpc) is 3.22. The molecule has 1 heterocycles. The van der Waals surface area contributed by atoms with Gasteiger partial charge in [-0.25, -0.2) is 4.68 Å². The van der Waals surface area contributed by atoms with E-state index < -0.39 is 11.4 Å². The molecular weight excluding hydrogens is 322 g/mol. The fourth-order valence-corrected chi connectivity index (χ4v) is 2.80. The van der Waals surface area contributed by atoms with Crippen molar-refractivity contribution in [1.29, 1.82) is 0 Å². The van der Waals surface area contributed by atoms with Crippen molar-refractivity contribution in [2.45, 2.75) is 45.6 Å². The predicted molar refractivity (Wildman–Crippen MR) is 90.8 cm³/mol. The molecule has 0 radical (unpaired) electrons. The highest BCUT2D eigenvalue weighted by molar-refractivity contribution is 5.92. The third-order valence-corrected chi connectivity index (χ3v) is 4.06. The van der Waals surface area contributed by atoms with Gasteiger partial charge in [0.2, 0.25) is 5.91 Å². The van der Waals surface area contributed by atoms with Gasteiger partial charge in [0.25, 0.3) is 0 Å². The summed E-state index contributed by atoms with van der Waals surface area (Å²) in [5.74, 6) is -0.443. The topological polar surface area (TPSA) is 110 Å². The zero-order chi connectivity index (χ0) is 18.0. The number of aliphatic carboxylic acids is 1. The van der Waals surface area contributed by atoms with Gasteiger partial charge in [0.1, 0.15) is 0 Å². The summed E-state index contributed by atoms with van der Waals surface area (Å²) in [6.45, 7) is 3.53. The Balaban J connectivity index is 1.70. The fraction of sp³-hybridized carbons (Fsp3) is 0.471. The molecule has 1 saturated carbocycles. The molecule has 1 aromatic carbocycles. The summed E-state index contributed by atoms with van der Waals surface area (Å²) in [6.07, 6.45) is 2.22. The van der Waals surface area contributed by atoms with Crippen molar-refractivity contribution in [3.8, 4) is 11.4 Å². The quantitative estimate of drug-likeness (QED) is 0.799. The van der Waals surface area contributed by atoms with Crippen LogP contribution < -0.4 is 5.32 Å². The van der Waals surface area contributed by atoms with Crippen LogP contribution in [-0.2, 0) is 9.59 Å². The van der Waals surface area contributed by atoms with E-state index in [0.717, 1.165) is 18.4 Å². The Kier molecular flexibility index (Phi) is 4.52. The Morgan fingerprint density at radius 1 is 1.32 bits per heavy atom. The molecule has 0 spiro atoms. The van der Waals surface area contributed by atoms with E-state index in [2.05, 4.69) is 20.8 Å². The zero-order valence-corrected chi connectivity index (χ0v) is 14.3. The molecule has 25 heavy (non-hydrogen) atoms. The molecule has 0 unspecified atom stereocenters. The lowest BCUT2D eigenvalue weighted by molar-refractivity contribution is -0.139. The lowest BCUT2D eigenvalue weighted by Crippen LogP contribution is -2.24. The Labute approximate surface area is 145 Å². The minimum absolute atomic E-state index is 0.0589. The number of benzene rings is 1. The van der Waals surface area contributed by atoms with E-state index in [4.69, 9.17) is 5.11 Å². The summed E-state index contributed by atoms with van der Waals surface area (Å²) < 4.78 is 1.82. The van der Waals surface area contributed by atoms with Crippen LogP contribution in [0.4, 0.5) is 5.69 Å². The highest BCUT2D eigenvalue weighted by atomic mass is 16.4. The van der Waals surface area contributed by atoms with E-state index in [9.17, 15) is 9.59 Å². The maximum Gasteiger partial charge on any atom is 0.303 e. The van der Waals surface area contributed by atoms with E-state index in [1.165, 1.54) is 0 Å². The number of carboxylic acid groups (broad SMARTS) is 1. The van der Waals surface area contributed by atoms with Crippen molar-refractivity contribution >= 4 is 17.6 Å². The van der Waals surface area contributed by atoms with Crippen LogP contribution >= 0.6 is 0 Å². The van der Waals surface area contributed by atoms with Crippen LogP contribution in [0.25, 0.3) is 11.4 Å². The number of carboxylic acids is 1. The Morgan fingerprint density at radius 2 is 2.08 bits per heavy atom. The number of nitrogens with zero attached hydrogens (tertiary/aromatic N) is 4. The standard InChI is InChI=1S/C17H21N5O3/c1-17(2,10-15(24)25)9-14(23)18-12-5-3-4-11(8-12)16-19-20-21-22(16)13-6-7-13/h3-5,8,13H,6-7,9-10H2,1-2H3,(H,18,23)(H,24,25). The predicted octanol–water partition coefficient (Wildman–Crippen LogP) is 2.50. The van der Waals surface area contributed by atoms with Crippen molar-refractivity contribution in [1.82, 2.24) is 20.2 Å². The number of tetrazole rings is 1. The number of rotatable bonds is 7. The van der Waals surface area contributed by atoms with Crippen LogP contribution in [0.15, 0.2) is 24.3 Å². The van der Waals surface area contributed by atoms with Gasteiger partial charge < -0.3 is 10.4 Å². The molecule has 1 aliphatic carbocycles. The van der Waals surface area contributed by atoms with Crippen molar-refractivity contribution in [2.24, 2.45) is 5.41 Å². The van der Waals surface area contributed by atoms with Gasteiger partial charge in [0, 0.05) is 17.7 Å². The number of hydrogen-bond acceptors (Lipinski definition) is 5. The van der Waals surface area contributed by atoms with E-state index in [1.807, 2.05) is 22.9 Å². The SMILES string of the molecule is CC(C)(CC(=O)O)CC(=O)Nc1cccc(-c2nnnn2C2CC2)c1. The van der Waals surface area contributed by atoms with E-state index in [0.29, 0.717) is 17.6 Å². The number of anilines is 1. The maximum atomic E-state index is 12.2. The molecule has 0 saturated heterocycles. The molecule has 1 amide bonds. The van der Waals surface area contributed by atoms with Crippen molar-refractivity contribution < 1.29 is 14.7 Å². The van der Waals surface area contributed by atoms with Gasteiger partial charge in [-0.15, -0.1) is 5.10 Å². The lowest BCUT2D eigenvalue weighted by atomic mass is 9.85. The monoisotopic (exact) mass is 343 g/mol. The summed E-state index contributed by atoms with van der Waals surface area (Å²) in [5.41, 5.74) is 0.863. The number of carbonyl (C=O) groups is 2. The smallest absolute Gasteiger partial charge is 0.303 e. The second-order valence-corrected chi connectivity index (χ2v) is 7.22. The van der Waals surface area contributed by atoms with Crippen LogP contribution in [-0.4, -0.2) is 37.2 Å². The molecule has 8 heteroatoms. The number of amides is 1. The molecular formula is C17H21N5O3. The van der Waals surface area contributed by atoms with Gasteiger partial charge in [-0.2, -0.15) is 0 Å². The molecule has 1 aromatic heterocycles. The Hall–Kier alpha value is -2.77. The summed E-state index contributed by atoms with van der Waals surface area (Å²) in [4.78, 5) is 23.1. The zero-order valence-electron chi connectivity index (χ0n) is 14.3. The average molecular weight is 343 g/mol. The highest BCUT2D eigenvalue weighted by Crippen LogP contribution is 2.36. The first kappa shape index (κ1) is 17.1. The largest absolute Gasteiger partial charge is 0.481 e. The third-order valence-electron chi connectivity index (χ3n) is 4.06. The van der Waals surface area contributed by atoms with E-state index in [1.54, 1.807) is 19.9 Å². The molecule has 0 aliphatic heterocycles. The maximum absolute atomic E-state index is 12.2. The minimum Gasteiger partial charge on any atom is -0.481 e. The molecule has 2 N–H and O–H groups in total. The normalized spacial score (nSPS) is 14.3. The number of nitrogens with one attached hydrogen (secondary N) is 1.